The molecule has 1 fully saturated rings. The summed E-state index contributed by atoms with van der Waals surface area (Å²) in [5, 5.41) is 24.1. The van der Waals surface area contributed by atoms with Gasteiger partial charge in [0.1, 0.15) is 11.8 Å². The monoisotopic (exact) mass is 339 g/mol. The predicted octanol–water partition coefficient (Wildman–Crippen LogP) is 0.955. The van der Waals surface area contributed by atoms with Gasteiger partial charge in [0.2, 0.25) is 0 Å². The van der Waals surface area contributed by atoms with Crippen molar-refractivity contribution in [2.45, 2.75) is 50.7 Å². The highest BCUT2D eigenvalue weighted by Crippen LogP contribution is 2.12. The summed E-state index contributed by atoms with van der Waals surface area (Å²) < 4.78 is 6.97. The fraction of sp³-hybridized carbons (Fsp3) is 0.765. The second-order valence-corrected chi connectivity index (χ2v) is 6.40. The number of nitrogens with zero attached hydrogens (tertiary/aromatic N) is 3. The van der Waals surface area contributed by atoms with Crippen LogP contribution in [0.4, 0.5) is 0 Å². The molecule has 0 saturated carbocycles. The average Bonchev–Trinajstić information content (AvgIpc) is 3.00. The fourth-order valence-electron chi connectivity index (χ4n) is 2.89. The van der Waals surface area contributed by atoms with Gasteiger partial charge >= 0.3 is 0 Å². The molecule has 24 heavy (non-hydrogen) atoms. The van der Waals surface area contributed by atoms with Crippen LogP contribution in [0.1, 0.15) is 49.0 Å². The van der Waals surface area contributed by atoms with Crippen molar-refractivity contribution >= 4 is 5.91 Å². The van der Waals surface area contributed by atoms with Crippen LogP contribution in [0, 0.1) is 0 Å². The van der Waals surface area contributed by atoms with Crippen LogP contribution in [-0.4, -0.2) is 69.3 Å². The summed E-state index contributed by atoms with van der Waals surface area (Å²) >= 11 is 0. The molecule has 7 heteroatoms. The van der Waals surface area contributed by atoms with Gasteiger partial charge in [-0.15, -0.1) is 0 Å². The van der Waals surface area contributed by atoms with Crippen molar-refractivity contribution in [1.29, 1.82) is 0 Å². The van der Waals surface area contributed by atoms with Crippen molar-refractivity contribution in [3.63, 3.8) is 0 Å². The van der Waals surface area contributed by atoms with Crippen molar-refractivity contribution in [2.24, 2.45) is 7.05 Å². The number of rotatable bonds is 1. The Morgan fingerprint density at radius 1 is 1.17 bits per heavy atom. The summed E-state index contributed by atoms with van der Waals surface area (Å²) in [6, 6.07) is 1.70. The van der Waals surface area contributed by atoms with E-state index in [4.69, 9.17) is 4.74 Å². The molecule has 2 heterocycles. The van der Waals surface area contributed by atoms with Gasteiger partial charge in [-0.3, -0.25) is 9.48 Å². The molecule has 0 aliphatic carbocycles. The van der Waals surface area contributed by atoms with Gasteiger partial charge in [-0.1, -0.05) is 19.3 Å². The molecular weight excluding hydrogens is 310 g/mol. The maximum Gasteiger partial charge on any atom is 0.272 e. The quantitative estimate of drug-likeness (QED) is 0.795. The second-order valence-electron chi connectivity index (χ2n) is 6.40. The summed E-state index contributed by atoms with van der Waals surface area (Å²) in [7, 11) is 1.74. The van der Waals surface area contributed by atoms with Crippen LogP contribution in [0.3, 0.4) is 0 Å². The van der Waals surface area contributed by atoms with E-state index in [-0.39, 0.29) is 12.5 Å². The number of aliphatic hydroxyl groups is 2. The zero-order valence-corrected chi connectivity index (χ0v) is 14.4. The van der Waals surface area contributed by atoms with Crippen molar-refractivity contribution in [2.75, 3.05) is 26.3 Å². The van der Waals surface area contributed by atoms with E-state index < -0.39 is 12.2 Å². The first-order valence-electron chi connectivity index (χ1n) is 8.80. The average molecular weight is 339 g/mol. The highest BCUT2D eigenvalue weighted by Gasteiger charge is 2.22. The molecule has 136 valence electrons. The molecule has 2 rings (SSSR count). The number of hydrogen-bond acceptors (Lipinski definition) is 5. The minimum absolute atomic E-state index is 0.0833. The van der Waals surface area contributed by atoms with Crippen LogP contribution in [0.2, 0.25) is 0 Å². The van der Waals surface area contributed by atoms with Gasteiger partial charge in [-0.25, -0.2) is 0 Å². The second kappa shape index (κ2) is 9.76. The molecule has 0 spiro atoms. The molecule has 0 radical (unpaired) electrons. The van der Waals surface area contributed by atoms with Crippen LogP contribution in [-0.2, 0) is 11.8 Å². The Labute approximate surface area is 143 Å². The molecule has 0 aromatic carbocycles. The largest absolute Gasteiger partial charge is 0.390 e. The van der Waals surface area contributed by atoms with Crippen LogP contribution in [0.5, 0.6) is 0 Å². The first-order valence-corrected chi connectivity index (χ1v) is 8.80. The van der Waals surface area contributed by atoms with Gasteiger partial charge in [0.15, 0.2) is 0 Å². The van der Waals surface area contributed by atoms with E-state index in [1.54, 1.807) is 28.9 Å². The lowest BCUT2D eigenvalue weighted by atomic mass is 10.1. The first kappa shape index (κ1) is 18.9. The van der Waals surface area contributed by atoms with Gasteiger partial charge in [0.25, 0.3) is 5.91 Å². The van der Waals surface area contributed by atoms with Gasteiger partial charge in [-0.05, 0) is 25.3 Å². The van der Waals surface area contributed by atoms with Gasteiger partial charge in [-0.2, -0.15) is 5.10 Å². The number of ether oxygens (including phenoxy) is 1. The van der Waals surface area contributed by atoms with E-state index in [1.807, 2.05) is 0 Å². The van der Waals surface area contributed by atoms with Gasteiger partial charge in [0.05, 0.1) is 12.7 Å². The molecule has 0 unspecified atom stereocenters. The van der Waals surface area contributed by atoms with Crippen LogP contribution >= 0.6 is 0 Å². The number of aliphatic hydroxyl groups excluding tert-OH is 2. The Bertz CT molecular complexity index is 506. The first-order chi connectivity index (χ1) is 11.6. The minimum Gasteiger partial charge on any atom is -0.390 e. The zero-order chi connectivity index (χ0) is 17.4. The fourth-order valence-corrected chi connectivity index (χ4v) is 2.89. The molecule has 1 aromatic heterocycles. The van der Waals surface area contributed by atoms with Crippen LogP contribution in [0.25, 0.3) is 0 Å². The molecule has 1 aliphatic rings. The topological polar surface area (TPSA) is 87.8 Å². The Morgan fingerprint density at radius 3 is 2.67 bits per heavy atom. The van der Waals surface area contributed by atoms with Crippen LogP contribution < -0.4 is 0 Å². The van der Waals surface area contributed by atoms with E-state index >= 15 is 0 Å². The number of amides is 1. The summed E-state index contributed by atoms with van der Waals surface area (Å²) in [6.07, 6.45) is 5.28. The van der Waals surface area contributed by atoms with Crippen LogP contribution in [0.15, 0.2) is 12.3 Å². The lowest BCUT2D eigenvalue weighted by Gasteiger charge is -2.26. The zero-order valence-electron chi connectivity index (χ0n) is 14.4. The maximum atomic E-state index is 12.7. The van der Waals surface area contributed by atoms with Crippen molar-refractivity contribution in [3.05, 3.63) is 18.0 Å². The summed E-state index contributed by atoms with van der Waals surface area (Å²) in [4.78, 5) is 14.5. The smallest absolute Gasteiger partial charge is 0.272 e. The highest BCUT2D eigenvalue weighted by atomic mass is 16.5. The number of carbonyl (C=O) groups excluding carboxylic acids is 1. The minimum atomic E-state index is -0.915. The molecule has 1 aromatic rings. The number of aromatic nitrogens is 2. The molecule has 1 saturated heterocycles. The lowest BCUT2D eigenvalue weighted by molar-refractivity contribution is -0.0434. The predicted molar refractivity (Wildman–Crippen MR) is 89.6 cm³/mol. The van der Waals surface area contributed by atoms with Crippen molar-refractivity contribution in [3.8, 4) is 0 Å². The summed E-state index contributed by atoms with van der Waals surface area (Å²) in [5.74, 6) is -0.0833. The third-order valence-electron chi connectivity index (χ3n) is 4.47. The van der Waals surface area contributed by atoms with E-state index in [2.05, 4.69) is 5.10 Å². The molecular formula is C17H29N3O4. The third kappa shape index (κ3) is 5.58. The van der Waals surface area contributed by atoms with Gasteiger partial charge < -0.3 is 19.8 Å². The van der Waals surface area contributed by atoms with E-state index in [0.29, 0.717) is 31.8 Å². The molecule has 2 N–H and O–H groups in total. The van der Waals surface area contributed by atoms with E-state index in [1.165, 1.54) is 0 Å². The SMILES string of the molecule is Cn1nccc1C(=O)N1CCCCCCCOC[C@@H](O)[C@@H](O)CC1. The number of aryl methyl sites for hydroxylation is 1. The third-order valence-corrected chi connectivity index (χ3v) is 4.47. The summed E-state index contributed by atoms with van der Waals surface area (Å²) in [6.45, 7) is 1.82. The highest BCUT2D eigenvalue weighted by molar-refractivity contribution is 5.92. The Morgan fingerprint density at radius 2 is 1.92 bits per heavy atom. The van der Waals surface area contributed by atoms with E-state index in [9.17, 15) is 15.0 Å². The van der Waals surface area contributed by atoms with Crippen molar-refractivity contribution in [1.82, 2.24) is 14.7 Å². The molecule has 2 atom stereocenters. The standard InChI is InChI=1S/C17H29N3O4/c1-19-14(7-9-18-19)17(23)20-10-5-3-2-4-6-12-24-13-16(22)15(21)8-11-20/h7,9,15-16,21-22H,2-6,8,10-13H2,1H3/t15-,16+/m0/s1. The van der Waals surface area contributed by atoms with E-state index in [0.717, 1.165) is 32.1 Å². The van der Waals surface area contributed by atoms with Crippen molar-refractivity contribution < 1.29 is 19.7 Å². The number of hydrogen-bond donors (Lipinski definition) is 2. The molecule has 0 bridgehead atoms. The lowest BCUT2D eigenvalue weighted by Crippen LogP contribution is -2.39. The Kier molecular flexibility index (Phi) is 7.68. The maximum absolute atomic E-state index is 12.7. The Hall–Kier alpha value is -1.44. The molecule has 1 aliphatic heterocycles. The Balaban J connectivity index is 2.00. The molecule has 7 nitrogen and oxygen atoms in total. The molecule has 1 amide bonds. The van der Waals surface area contributed by atoms with Gasteiger partial charge in [0, 0.05) is 32.9 Å². The number of carbonyl (C=O) groups is 1. The normalized spacial score (nSPS) is 25.2. The summed E-state index contributed by atoms with van der Waals surface area (Å²) in [5.41, 5.74) is 0.537.